The number of hydrogen-bond donors (Lipinski definition) is 1. The molecule has 1 aliphatic heterocycles. The summed E-state index contributed by atoms with van der Waals surface area (Å²) in [6, 6.07) is 10.2. The molecular formula is C26H35N3O3. The van der Waals surface area contributed by atoms with E-state index in [1.165, 1.54) is 0 Å². The second-order valence-corrected chi connectivity index (χ2v) is 10.3. The van der Waals surface area contributed by atoms with Crippen molar-refractivity contribution in [3.8, 4) is 0 Å². The molecule has 0 radical (unpaired) electrons. The van der Waals surface area contributed by atoms with Crippen LogP contribution < -0.4 is 5.06 Å². The molecule has 1 N–H and O–H groups in total. The number of quaternary nitrogens is 1. The summed E-state index contributed by atoms with van der Waals surface area (Å²) in [6.45, 7) is 10.1. The Hall–Kier alpha value is -2.12. The van der Waals surface area contributed by atoms with Gasteiger partial charge >= 0.3 is 0 Å². The number of ether oxygens (including phenoxy) is 2. The molecule has 0 unspecified atom stereocenters. The van der Waals surface area contributed by atoms with Gasteiger partial charge in [0, 0.05) is 49.2 Å². The van der Waals surface area contributed by atoms with Crippen molar-refractivity contribution in [1.82, 2.24) is 9.97 Å². The lowest BCUT2D eigenvalue weighted by Crippen LogP contribution is -3.23. The van der Waals surface area contributed by atoms with Crippen molar-refractivity contribution >= 4 is 21.8 Å². The lowest BCUT2D eigenvalue weighted by molar-refractivity contribution is -0.956. The van der Waals surface area contributed by atoms with Crippen LogP contribution in [0.25, 0.3) is 21.8 Å². The minimum Gasteiger partial charge on any atom is -0.634 e. The van der Waals surface area contributed by atoms with Gasteiger partial charge < -0.3 is 19.7 Å². The summed E-state index contributed by atoms with van der Waals surface area (Å²) in [5, 5.41) is 15.1. The third-order valence-electron chi connectivity index (χ3n) is 6.57. The maximum Gasteiger partial charge on any atom is 0.0968 e. The predicted molar refractivity (Wildman–Crippen MR) is 127 cm³/mol. The van der Waals surface area contributed by atoms with Crippen LogP contribution in [0.4, 0.5) is 0 Å². The zero-order chi connectivity index (χ0) is 22.8. The summed E-state index contributed by atoms with van der Waals surface area (Å²) >= 11 is 0. The molecule has 6 nitrogen and oxygen atoms in total. The third-order valence-corrected chi connectivity index (χ3v) is 6.57. The molecule has 1 saturated heterocycles. The second kappa shape index (κ2) is 9.40. The maximum atomic E-state index is 12.5. The molecule has 1 aromatic carbocycles. The zero-order valence-electron chi connectivity index (χ0n) is 19.7. The van der Waals surface area contributed by atoms with Crippen LogP contribution in [0.3, 0.4) is 0 Å². The van der Waals surface area contributed by atoms with Gasteiger partial charge in [-0.05, 0) is 58.2 Å². The molecule has 0 atom stereocenters. The van der Waals surface area contributed by atoms with E-state index in [4.69, 9.17) is 9.47 Å². The molecule has 4 rings (SSSR count). The van der Waals surface area contributed by atoms with Crippen LogP contribution in [-0.4, -0.2) is 40.4 Å². The fraction of sp³-hybridized carbons (Fsp3) is 0.538. The second-order valence-electron chi connectivity index (χ2n) is 10.3. The van der Waals surface area contributed by atoms with Crippen molar-refractivity contribution < 1.29 is 14.5 Å². The Kier molecular flexibility index (Phi) is 6.77. The molecular weight excluding hydrogens is 402 g/mol. The van der Waals surface area contributed by atoms with E-state index in [0.29, 0.717) is 24.9 Å². The number of nitrogens with one attached hydrogen (secondary N) is 1. The topological polar surface area (TPSA) is 71.7 Å². The van der Waals surface area contributed by atoms with Crippen LogP contribution in [0, 0.1) is 5.21 Å². The van der Waals surface area contributed by atoms with Crippen molar-refractivity contribution in [2.75, 3.05) is 13.2 Å². The standard InChI is InChI=1S/C26H35N3O3/c1-25(2)16-21(17-26(3,4)29(25)30)32-15-6-5-14-31-18-20-11-13-28-24-22(20)10-9-19-8-7-12-27-23(19)24/h7-13,21,29H,5-6,14-18H2,1-4H3. The first kappa shape index (κ1) is 23.1. The van der Waals surface area contributed by atoms with Crippen LogP contribution in [0.2, 0.25) is 0 Å². The molecule has 0 bridgehead atoms. The predicted octanol–water partition coefficient (Wildman–Crippen LogP) is 4.20. The SMILES string of the molecule is CC1(C)CC(OCCCCOCc2ccnc3c2ccc2cccnc23)CC(C)(C)[NH+]1[O-]. The van der Waals surface area contributed by atoms with E-state index in [1.54, 1.807) is 0 Å². The first-order chi connectivity index (χ1) is 15.3. The van der Waals surface area contributed by atoms with Gasteiger partial charge in [-0.1, -0.05) is 18.2 Å². The molecule has 1 fully saturated rings. The van der Waals surface area contributed by atoms with Crippen molar-refractivity contribution in [3.05, 3.63) is 53.5 Å². The van der Waals surface area contributed by atoms with Gasteiger partial charge in [-0.15, -0.1) is 0 Å². The Labute approximate surface area is 190 Å². The quantitative estimate of drug-likeness (QED) is 0.325. The van der Waals surface area contributed by atoms with Gasteiger partial charge in [0.25, 0.3) is 0 Å². The number of unbranched alkanes of at least 4 members (excludes halogenated alkanes) is 1. The van der Waals surface area contributed by atoms with Gasteiger partial charge in [0.1, 0.15) is 0 Å². The summed E-state index contributed by atoms with van der Waals surface area (Å²) in [4.78, 5) is 9.06. The van der Waals surface area contributed by atoms with E-state index >= 15 is 0 Å². The number of aromatic nitrogens is 2. The fourth-order valence-corrected chi connectivity index (χ4v) is 5.11. The average Bonchev–Trinajstić information content (AvgIpc) is 2.76. The van der Waals surface area contributed by atoms with Crippen molar-refractivity contribution in [2.45, 2.75) is 77.2 Å². The van der Waals surface area contributed by atoms with E-state index in [9.17, 15) is 5.21 Å². The Bertz CT molecular complexity index is 1050. The Morgan fingerprint density at radius 3 is 2.44 bits per heavy atom. The molecule has 3 aromatic rings. The highest BCUT2D eigenvalue weighted by Crippen LogP contribution is 2.26. The number of fused-ring (bicyclic) bond motifs is 3. The van der Waals surface area contributed by atoms with Gasteiger partial charge in [-0.25, -0.2) is 0 Å². The van der Waals surface area contributed by atoms with Gasteiger partial charge in [0.15, 0.2) is 0 Å². The summed E-state index contributed by atoms with van der Waals surface area (Å²) in [6.07, 6.45) is 7.32. The number of nitrogens with zero attached hydrogens (tertiary/aromatic N) is 2. The maximum absolute atomic E-state index is 12.5. The number of hydroxylamine groups is 2. The fourth-order valence-electron chi connectivity index (χ4n) is 5.11. The average molecular weight is 438 g/mol. The minimum absolute atomic E-state index is 0.158. The number of benzene rings is 1. The number of pyridine rings is 2. The molecule has 0 amide bonds. The largest absolute Gasteiger partial charge is 0.634 e. The summed E-state index contributed by atoms with van der Waals surface area (Å²) in [5.41, 5.74) is 2.39. The van der Waals surface area contributed by atoms with E-state index in [0.717, 1.165) is 53.1 Å². The lowest BCUT2D eigenvalue weighted by Gasteiger charge is -2.54. The van der Waals surface area contributed by atoms with E-state index < -0.39 is 0 Å². The Balaban J connectivity index is 1.23. The van der Waals surface area contributed by atoms with E-state index in [2.05, 4.69) is 28.2 Å². The van der Waals surface area contributed by atoms with Gasteiger partial charge in [-0.2, -0.15) is 0 Å². The zero-order valence-corrected chi connectivity index (χ0v) is 19.7. The highest BCUT2D eigenvalue weighted by atomic mass is 16.5. The van der Waals surface area contributed by atoms with Gasteiger partial charge in [0.2, 0.25) is 0 Å². The number of rotatable bonds is 8. The highest BCUT2D eigenvalue weighted by Gasteiger charge is 2.45. The van der Waals surface area contributed by atoms with Crippen LogP contribution >= 0.6 is 0 Å². The summed E-state index contributed by atoms with van der Waals surface area (Å²) < 4.78 is 12.1. The Morgan fingerprint density at radius 2 is 1.66 bits per heavy atom. The summed E-state index contributed by atoms with van der Waals surface area (Å²) in [7, 11) is 0. The smallest absolute Gasteiger partial charge is 0.0968 e. The number of piperidine rings is 1. The first-order valence-electron chi connectivity index (χ1n) is 11.6. The highest BCUT2D eigenvalue weighted by molar-refractivity contribution is 6.03. The van der Waals surface area contributed by atoms with Crippen molar-refractivity contribution in [3.63, 3.8) is 0 Å². The van der Waals surface area contributed by atoms with Crippen molar-refractivity contribution in [2.24, 2.45) is 0 Å². The van der Waals surface area contributed by atoms with Crippen LogP contribution in [-0.2, 0) is 16.1 Å². The van der Waals surface area contributed by atoms with Crippen LogP contribution in [0.15, 0.2) is 42.7 Å². The monoisotopic (exact) mass is 437 g/mol. The first-order valence-corrected chi connectivity index (χ1v) is 11.6. The van der Waals surface area contributed by atoms with E-state index in [-0.39, 0.29) is 17.2 Å². The molecule has 0 saturated carbocycles. The van der Waals surface area contributed by atoms with E-state index in [1.807, 2.05) is 52.2 Å². The molecule has 172 valence electrons. The van der Waals surface area contributed by atoms with Gasteiger partial charge in [0.05, 0.1) is 34.8 Å². The Morgan fingerprint density at radius 1 is 0.938 bits per heavy atom. The molecule has 2 aromatic heterocycles. The normalized spacial score (nSPS) is 22.4. The molecule has 6 heteroatoms. The van der Waals surface area contributed by atoms with Crippen molar-refractivity contribution in [1.29, 1.82) is 0 Å². The lowest BCUT2D eigenvalue weighted by atomic mass is 9.80. The third kappa shape index (κ3) is 4.94. The van der Waals surface area contributed by atoms with Gasteiger partial charge in [-0.3, -0.25) is 9.97 Å². The molecule has 32 heavy (non-hydrogen) atoms. The van der Waals surface area contributed by atoms with Crippen LogP contribution in [0.5, 0.6) is 0 Å². The summed E-state index contributed by atoms with van der Waals surface area (Å²) in [5.74, 6) is 0. The molecule has 1 aliphatic rings. The molecule has 0 aliphatic carbocycles. The molecule has 0 spiro atoms. The number of hydrogen-bond acceptors (Lipinski definition) is 5. The van der Waals surface area contributed by atoms with Crippen LogP contribution in [0.1, 0.15) is 58.9 Å². The minimum atomic E-state index is -0.302. The molecule has 3 heterocycles.